The Labute approximate surface area is 231 Å². The monoisotopic (exact) mass is 562 g/mol. The van der Waals surface area contributed by atoms with Crippen molar-refractivity contribution < 1.29 is 9.53 Å². The molecule has 0 amide bonds. The first-order valence-corrected chi connectivity index (χ1v) is 16.8. The predicted octanol–water partition coefficient (Wildman–Crippen LogP) is 10.2. The van der Waals surface area contributed by atoms with Crippen molar-refractivity contribution in [1.82, 2.24) is 0 Å². The van der Waals surface area contributed by atoms with E-state index >= 15 is 0 Å². The Morgan fingerprint density at radius 2 is 1.72 bits per heavy atom. The molecule has 0 bridgehead atoms. The number of hydrogen-bond acceptors (Lipinski definition) is 2. The summed E-state index contributed by atoms with van der Waals surface area (Å²) in [5, 5.41) is 0. The summed E-state index contributed by atoms with van der Waals surface area (Å²) in [4.78, 5) is 12.5. The Morgan fingerprint density at radius 3 is 2.50 bits per heavy atom. The molecule has 3 saturated carbocycles. The van der Waals surface area contributed by atoms with Gasteiger partial charge in [0.15, 0.2) is 0 Å². The molecule has 206 valence electrons. The molecule has 36 heavy (non-hydrogen) atoms. The molecule has 4 aliphatic carbocycles. The molecule has 4 rings (SSSR count). The van der Waals surface area contributed by atoms with Gasteiger partial charge in [-0.1, -0.05) is 107 Å². The first-order chi connectivity index (χ1) is 17.3. The van der Waals surface area contributed by atoms with Gasteiger partial charge in [0.2, 0.25) is 0 Å². The summed E-state index contributed by atoms with van der Waals surface area (Å²) >= 11 is 3.57. The number of esters is 1. The molecule has 3 heteroatoms. The van der Waals surface area contributed by atoms with Crippen molar-refractivity contribution in [3.05, 3.63) is 11.6 Å². The minimum atomic E-state index is -0.141. The van der Waals surface area contributed by atoms with Gasteiger partial charge in [0.05, 0.1) is 0 Å². The SMILES string of the molecule is CCCCCCCC[C@H]1CC[C@H]2[C@@H]3CC=C4C[C@@H](OC(=O)[C@H](Br)CCCC)CC[C@]4(C)[C@H]3CC[C@]12C. The number of ether oxygens (including phenoxy) is 1. The average molecular weight is 564 g/mol. The van der Waals surface area contributed by atoms with Gasteiger partial charge in [-0.15, -0.1) is 0 Å². The van der Waals surface area contributed by atoms with Gasteiger partial charge < -0.3 is 4.74 Å². The van der Waals surface area contributed by atoms with E-state index in [1.165, 1.54) is 83.5 Å². The van der Waals surface area contributed by atoms with Crippen LogP contribution in [-0.4, -0.2) is 16.9 Å². The maximum absolute atomic E-state index is 12.6. The van der Waals surface area contributed by atoms with Crippen LogP contribution in [0, 0.1) is 34.5 Å². The van der Waals surface area contributed by atoms with E-state index in [4.69, 9.17) is 4.74 Å². The third-order valence-corrected chi connectivity index (χ3v) is 12.3. The van der Waals surface area contributed by atoms with E-state index in [2.05, 4.69) is 49.7 Å². The van der Waals surface area contributed by atoms with E-state index < -0.39 is 0 Å². The summed E-state index contributed by atoms with van der Waals surface area (Å²) in [5.41, 5.74) is 2.54. The molecule has 0 aromatic carbocycles. The van der Waals surface area contributed by atoms with Crippen LogP contribution in [0.25, 0.3) is 0 Å². The zero-order valence-corrected chi connectivity index (χ0v) is 25.5. The van der Waals surface area contributed by atoms with E-state index in [-0.39, 0.29) is 16.9 Å². The molecule has 3 fully saturated rings. The van der Waals surface area contributed by atoms with Crippen LogP contribution < -0.4 is 0 Å². The fourth-order valence-corrected chi connectivity index (χ4v) is 9.65. The van der Waals surface area contributed by atoms with Crippen molar-refractivity contribution in [1.29, 1.82) is 0 Å². The molecule has 0 aliphatic heterocycles. The van der Waals surface area contributed by atoms with Gasteiger partial charge in [0.1, 0.15) is 10.9 Å². The van der Waals surface area contributed by atoms with Crippen LogP contribution in [0.3, 0.4) is 0 Å². The predicted molar refractivity (Wildman–Crippen MR) is 155 cm³/mol. The number of carbonyl (C=O) groups excluding carboxylic acids is 1. The highest BCUT2D eigenvalue weighted by molar-refractivity contribution is 9.10. The van der Waals surface area contributed by atoms with Gasteiger partial charge in [0.25, 0.3) is 0 Å². The molecule has 0 N–H and O–H groups in total. The number of carbonyl (C=O) groups is 1. The third-order valence-electron chi connectivity index (χ3n) is 11.5. The highest BCUT2D eigenvalue weighted by Crippen LogP contribution is 2.66. The molecule has 0 aromatic heterocycles. The van der Waals surface area contributed by atoms with Crippen LogP contribution in [0.15, 0.2) is 11.6 Å². The minimum absolute atomic E-state index is 0.0397. The van der Waals surface area contributed by atoms with Gasteiger partial charge in [-0.2, -0.15) is 0 Å². The lowest BCUT2D eigenvalue weighted by Gasteiger charge is -2.58. The average Bonchev–Trinajstić information content (AvgIpc) is 3.21. The Hall–Kier alpha value is -0.310. The van der Waals surface area contributed by atoms with E-state index in [1.54, 1.807) is 5.57 Å². The maximum Gasteiger partial charge on any atom is 0.320 e. The number of halogens is 1. The topological polar surface area (TPSA) is 26.3 Å². The minimum Gasteiger partial charge on any atom is -0.461 e. The van der Waals surface area contributed by atoms with Crippen LogP contribution in [0.1, 0.15) is 143 Å². The van der Waals surface area contributed by atoms with Crippen molar-refractivity contribution in [2.24, 2.45) is 34.5 Å². The zero-order chi connectivity index (χ0) is 25.8. The van der Waals surface area contributed by atoms with Crippen molar-refractivity contribution >= 4 is 21.9 Å². The quantitative estimate of drug-likeness (QED) is 0.102. The summed E-state index contributed by atoms with van der Waals surface area (Å²) < 4.78 is 6.02. The Morgan fingerprint density at radius 1 is 0.972 bits per heavy atom. The Kier molecular flexibility index (Phi) is 10.1. The second kappa shape index (κ2) is 12.7. The molecule has 0 saturated heterocycles. The first kappa shape index (κ1) is 28.7. The van der Waals surface area contributed by atoms with Crippen molar-refractivity contribution in [3.8, 4) is 0 Å². The highest BCUT2D eigenvalue weighted by atomic mass is 79.9. The van der Waals surface area contributed by atoms with E-state index in [1.807, 2.05) is 0 Å². The summed E-state index contributed by atoms with van der Waals surface area (Å²) in [5.74, 6) is 3.58. The molecule has 0 unspecified atom stereocenters. The molecule has 0 spiro atoms. The molecule has 4 aliphatic rings. The van der Waals surface area contributed by atoms with E-state index in [9.17, 15) is 4.79 Å². The van der Waals surface area contributed by atoms with Gasteiger partial charge >= 0.3 is 5.97 Å². The zero-order valence-electron chi connectivity index (χ0n) is 24.0. The number of fused-ring (bicyclic) bond motifs is 5. The van der Waals surface area contributed by atoms with Crippen LogP contribution in [0.5, 0.6) is 0 Å². The highest BCUT2D eigenvalue weighted by Gasteiger charge is 2.58. The van der Waals surface area contributed by atoms with E-state index in [0.29, 0.717) is 10.8 Å². The number of unbranched alkanes of at least 4 members (excludes halogenated alkanes) is 6. The molecule has 8 atom stereocenters. The van der Waals surface area contributed by atoms with Gasteiger partial charge in [0, 0.05) is 6.42 Å². The number of allylic oxidation sites excluding steroid dienone is 1. The summed E-state index contributed by atoms with van der Waals surface area (Å²) in [6, 6.07) is 0. The lowest BCUT2D eigenvalue weighted by atomic mass is 9.47. The summed E-state index contributed by atoms with van der Waals surface area (Å²) in [6.45, 7) is 9.75. The summed E-state index contributed by atoms with van der Waals surface area (Å²) in [6.07, 6.45) is 26.1. The third kappa shape index (κ3) is 5.96. The second-order valence-corrected chi connectivity index (χ2v) is 14.7. The molecule has 0 radical (unpaired) electrons. The van der Waals surface area contributed by atoms with Crippen LogP contribution in [0.4, 0.5) is 0 Å². The molecule has 0 heterocycles. The van der Waals surface area contributed by atoms with Crippen LogP contribution in [-0.2, 0) is 9.53 Å². The molecular weight excluding hydrogens is 508 g/mol. The smallest absolute Gasteiger partial charge is 0.320 e. The lowest BCUT2D eigenvalue weighted by Crippen LogP contribution is -2.50. The first-order valence-electron chi connectivity index (χ1n) is 15.9. The second-order valence-electron chi connectivity index (χ2n) is 13.5. The fourth-order valence-electron chi connectivity index (χ4n) is 9.22. The van der Waals surface area contributed by atoms with Gasteiger partial charge in [-0.05, 0) is 92.3 Å². The lowest BCUT2D eigenvalue weighted by molar-refractivity contribution is -0.150. The maximum atomic E-state index is 12.6. The van der Waals surface area contributed by atoms with Crippen molar-refractivity contribution in [2.75, 3.05) is 0 Å². The summed E-state index contributed by atoms with van der Waals surface area (Å²) in [7, 11) is 0. The van der Waals surface area contributed by atoms with Crippen molar-refractivity contribution in [3.63, 3.8) is 0 Å². The number of hydrogen-bond donors (Lipinski definition) is 0. The Bertz CT molecular complexity index is 761. The normalized spacial score (nSPS) is 38.5. The largest absolute Gasteiger partial charge is 0.461 e. The fraction of sp³-hybridized carbons (Fsp3) is 0.909. The number of alkyl halides is 1. The van der Waals surface area contributed by atoms with Gasteiger partial charge in [-0.3, -0.25) is 4.79 Å². The van der Waals surface area contributed by atoms with Crippen molar-refractivity contribution in [2.45, 2.75) is 154 Å². The van der Waals surface area contributed by atoms with Crippen LogP contribution >= 0.6 is 15.9 Å². The number of rotatable bonds is 12. The molecule has 0 aromatic rings. The van der Waals surface area contributed by atoms with Gasteiger partial charge in [-0.25, -0.2) is 0 Å². The molecular formula is C33H55BrO2. The molecule has 2 nitrogen and oxygen atoms in total. The van der Waals surface area contributed by atoms with Crippen LogP contribution in [0.2, 0.25) is 0 Å². The standard InChI is InChI=1S/C33H55BrO2/c1-5-7-9-10-11-12-13-24-16-18-28-27-17-15-25-23-26(36-31(35)30(34)14-8-6-2)19-21-33(25,4)29(27)20-22-32(24,28)3/h15,24,26-30H,5-14,16-23H2,1-4H3/t24-,26-,27-,28-,29-,30+,32+,33-/m0/s1. The van der Waals surface area contributed by atoms with E-state index in [0.717, 1.165) is 55.8 Å². The Balaban J connectivity index is 1.34.